The Bertz CT molecular complexity index is 623. The van der Waals surface area contributed by atoms with E-state index >= 15 is 0 Å². The Morgan fingerprint density at radius 2 is 2.18 bits per heavy atom. The third kappa shape index (κ3) is 3.28. The van der Waals surface area contributed by atoms with E-state index in [4.69, 9.17) is 0 Å². The summed E-state index contributed by atoms with van der Waals surface area (Å²) in [5, 5.41) is 3.18. The third-order valence-electron chi connectivity index (χ3n) is 2.24. The second-order valence-electron chi connectivity index (χ2n) is 4.08. The van der Waals surface area contributed by atoms with Crippen LogP contribution in [0, 0.1) is 0 Å². The molecule has 0 amide bonds. The Morgan fingerprint density at radius 1 is 1.41 bits per heavy atom. The molecule has 0 radical (unpaired) electrons. The van der Waals surface area contributed by atoms with Gasteiger partial charge in [-0.1, -0.05) is 0 Å². The van der Waals surface area contributed by atoms with E-state index in [1.165, 1.54) is 6.26 Å². The third-order valence-corrected chi connectivity index (χ3v) is 4.48. The van der Waals surface area contributed by atoms with Crippen LogP contribution >= 0.6 is 0 Å². The van der Waals surface area contributed by atoms with Gasteiger partial charge in [-0.05, 0) is 0 Å². The Kier molecular flexibility index (Phi) is 3.51. The van der Waals surface area contributed by atoms with Gasteiger partial charge in [-0.15, -0.1) is 0 Å². The summed E-state index contributed by atoms with van der Waals surface area (Å²) in [5.41, 5.74) is 2.61. The monoisotopic (exact) mass is 319 g/mol. The normalized spacial score (nSPS) is 13.8. The van der Waals surface area contributed by atoms with E-state index < -0.39 is 9.84 Å². The Morgan fingerprint density at radius 3 is 2.88 bits per heavy atom. The molecule has 1 unspecified atom stereocenters. The first-order valence-electron chi connectivity index (χ1n) is 5.11. The Labute approximate surface area is 106 Å². The Hall–Kier alpha value is -0.911. The molecule has 5 nitrogen and oxygen atoms in total. The minimum absolute atomic E-state index is 0.0693. The average molecular weight is 318 g/mol. The fraction of sp³-hybridized carbons (Fsp3) is 0.400. The van der Waals surface area contributed by atoms with E-state index in [0.717, 1.165) is 16.7 Å². The van der Waals surface area contributed by atoms with Crippen LogP contribution in [0.1, 0.15) is 6.92 Å². The average Bonchev–Trinajstić information content (AvgIpc) is 2.63. The van der Waals surface area contributed by atoms with Crippen molar-refractivity contribution >= 4 is 41.5 Å². The van der Waals surface area contributed by atoms with Gasteiger partial charge in [-0.2, -0.15) is 0 Å². The van der Waals surface area contributed by atoms with Crippen LogP contribution in [0.25, 0.3) is 11.0 Å². The molecule has 92 valence electrons. The summed E-state index contributed by atoms with van der Waals surface area (Å²) in [5.74, 6) is 0.110. The minimum atomic E-state index is -2.97. The predicted molar refractivity (Wildman–Crippen MR) is 69.3 cm³/mol. The Balaban J connectivity index is 2.21. The molecule has 17 heavy (non-hydrogen) atoms. The summed E-state index contributed by atoms with van der Waals surface area (Å²) in [6.45, 7) is 1.84. The van der Waals surface area contributed by atoms with E-state index in [-0.39, 0.29) is 26.8 Å². The fourth-order valence-corrected chi connectivity index (χ4v) is 3.83. The van der Waals surface area contributed by atoms with Gasteiger partial charge in [0.1, 0.15) is 0 Å². The second kappa shape index (κ2) is 4.76. The van der Waals surface area contributed by atoms with Crippen molar-refractivity contribution in [2.75, 3.05) is 17.3 Å². The van der Waals surface area contributed by atoms with Crippen LogP contribution in [0.3, 0.4) is 0 Å². The molecular weight excluding hydrogens is 305 g/mol. The van der Waals surface area contributed by atoms with Crippen molar-refractivity contribution in [2.24, 2.45) is 0 Å². The second-order valence-corrected chi connectivity index (χ2v) is 7.37. The van der Waals surface area contributed by atoms with Gasteiger partial charge in [0.2, 0.25) is 0 Å². The summed E-state index contributed by atoms with van der Waals surface area (Å²) in [6, 6.07) is 5.58. The van der Waals surface area contributed by atoms with E-state index in [0.29, 0.717) is 0 Å². The van der Waals surface area contributed by atoms with Crippen molar-refractivity contribution in [1.82, 2.24) is 7.96 Å². The van der Waals surface area contributed by atoms with E-state index in [2.05, 4.69) is 13.3 Å². The maximum atomic E-state index is 11.2. The molecule has 1 heterocycles. The summed E-state index contributed by atoms with van der Waals surface area (Å²) in [7, 11) is -2.97. The van der Waals surface area contributed by atoms with Gasteiger partial charge in [0.25, 0.3) is 0 Å². The standard InChI is InChI=1S/C10H13N3O2SSe/c1-7(6-16(2,14)15)11-8-4-3-5-9-10(8)13-17-12-9/h3-5,7,11H,6H2,1-2H3. The molecular formula is C10H13N3O2SSe. The summed E-state index contributed by atoms with van der Waals surface area (Å²) in [4.78, 5) is 0. The number of rotatable bonds is 4. The van der Waals surface area contributed by atoms with Crippen molar-refractivity contribution in [3.8, 4) is 0 Å². The molecule has 0 bridgehead atoms. The van der Waals surface area contributed by atoms with Crippen molar-refractivity contribution in [2.45, 2.75) is 13.0 Å². The van der Waals surface area contributed by atoms with Crippen molar-refractivity contribution in [3.63, 3.8) is 0 Å². The van der Waals surface area contributed by atoms with E-state index in [1.54, 1.807) is 0 Å². The summed E-state index contributed by atoms with van der Waals surface area (Å²) < 4.78 is 31.0. The van der Waals surface area contributed by atoms with Crippen LogP contribution in [0.4, 0.5) is 5.69 Å². The number of hydrogen-bond donors (Lipinski definition) is 1. The molecule has 1 aromatic heterocycles. The first kappa shape index (κ1) is 12.5. The molecule has 1 atom stereocenters. The van der Waals surface area contributed by atoms with Gasteiger partial charge >= 0.3 is 106 Å². The fourth-order valence-electron chi connectivity index (χ4n) is 1.68. The number of anilines is 1. The van der Waals surface area contributed by atoms with Gasteiger partial charge in [0, 0.05) is 0 Å². The van der Waals surface area contributed by atoms with Gasteiger partial charge in [-0.25, -0.2) is 0 Å². The zero-order valence-electron chi connectivity index (χ0n) is 9.54. The van der Waals surface area contributed by atoms with Gasteiger partial charge in [0.15, 0.2) is 0 Å². The molecule has 0 saturated heterocycles. The molecule has 0 aliphatic heterocycles. The molecule has 0 aliphatic carbocycles. The molecule has 0 spiro atoms. The number of hydrogen-bond acceptors (Lipinski definition) is 5. The van der Waals surface area contributed by atoms with Gasteiger partial charge in [-0.3, -0.25) is 0 Å². The molecule has 2 rings (SSSR count). The predicted octanol–water partition coefficient (Wildman–Crippen LogP) is 0.532. The van der Waals surface area contributed by atoms with Crippen LogP contribution in [0.15, 0.2) is 18.2 Å². The van der Waals surface area contributed by atoms with Crippen molar-refractivity contribution in [3.05, 3.63) is 18.2 Å². The maximum absolute atomic E-state index is 11.2. The van der Waals surface area contributed by atoms with Gasteiger partial charge in [0.05, 0.1) is 0 Å². The molecule has 0 saturated carbocycles. The van der Waals surface area contributed by atoms with Crippen molar-refractivity contribution < 1.29 is 8.42 Å². The molecule has 0 fully saturated rings. The van der Waals surface area contributed by atoms with Gasteiger partial charge < -0.3 is 0 Å². The first-order valence-corrected chi connectivity index (χ1v) is 8.70. The zero-order valence-corrected chi connectivity index (χ0v) is 12.1. The molecule has 2 aromatic rings. The number of fused-ring (bicyclic) bond motifs is 1. The summed E-state index contributed by atoms with van der Waals surface area (Å²) in [6.07, 6.45) is 1.24. The number of aromatic nitrogens is 2. The number of benzene rings is 1. The van der Waals surface area contributed by atoms with Crippen LogP contribution < -0.4 is 5.32 Å². The molecule has 0 aliphatic rings. The van der Waals surface area contributed by atoms with E-state index in [1.807, 2.05) is 25.1 Å². The molecule has 1 aromatic carbocycles. The summed E-state index contributed by atoms with van der Waals surface area (Å²) >= 11 is -0.0693. The number of nitrogens with zero attached hydrogens (tertiary/aromatic N) is 2. The zero-order chi connectivity index (χ0) is 12.5. The van der Waals surface area contributed by atoms with Crippen LogP contribution in [-0.4, -0.2) is 49.4 Å². The van der Waals surface area contributed by atoms with Crippen molar-refractivity contribution in [1.29, 1.82) is 0 Å². The van der Waals surface area contributed by atoms with Crippen LogP contribution in [0.5, 0.6) is 0 Å². The quantitative estimate of drug-likeness (QED) is 0.833. The topological polar surface area (TPSA) is 72.0 Å². The van der Waals surface area contributed by atoms with Crippen LogP contribution in [-0.2, 0) is 9.84 Å². The number of nitrogens with one attached hydrogen (secondary N) is 1. The SMILES string of the molecule is CC(CS(C)(=O)=O)Nc1cccc2n[se]nc12. The van der Waals surface area contributed by atoms with Crippen LogP contribution in [0.2, 0.25) is 0 Å². The molecule has 7 heteroatoms. The first-order chi connectivity index (χ1) is 7.96. The molecule has 1 N–H and O–H groups in total. The number of sulfone groups is 1. The van der Waals surface area contributed by atoms with E-state index in [9.17, 15) is 8.42 Å².